The van der Waals surface area contributed by atoms with Gasteiger partial charge in [0.15, 0.2) is 0 Å². The summed E-state index contributed by atoms with van der Waals surface area (Å²) in [5.74, 6) is 0.0541. The fourth-order valence-corrected chi connectivity index (χ4v) is 3.11. The van der Waals surface area contributed by atoms with Gasteiger partial charge in [0.05, 0.1) is 6.54 Å². The molecule has 7 nitrogen and oxygen atoms in total. The largest absolute Gasteiger partial charge is 0.336 e. The van der Waals surface area contributed by atoms with E-state index < -0.39 is 0 Å². The number of carbonyl (C=O) groups excluding carboxylic acids is 2. The normalized spacial score (nSPS) is 17.7. The Balaban J connectivity index is 1.32. The lowest BCUT2D eigenvalue weighted by atomic mass is 10.2. The first-order chi connectivity index (χ1) is 12.2. The Morgan fingerprint density at radius 1 is 1.20 bits per heavy atom. The monoisotopic (exact) mass is 339 g/mol. The minimum atomic E-state index is -0.219. The van der Waals surface area contributed by atoms with Gasteiger partial charge in [-0.3, -0.25) is 9.48 Å². The first kappa shape index (κ1) is 15.7. The molecule has 0 unspecified atom stereocenters. The molecule has 1 aromatic heterocycles. The van der Waals surface area contributed by atoms with Crippen molar-refractivity contribution in [1.82, 2.24) is 19.6 Å². The van der Waals surface area contributed by atoms with E-state index >= 15 is 0 Å². The van der Waals surface area contributed by atoms with E-state index in [0.717, 1.165) is 24.1 Å². The molecule has 2 fully saturated rings. The number of carbonyl (C=O) groups is 2. The van der Waals surface area contributed by atoms with Gasteiger partial charge in [0.25, 0.3) is 0 Å². The molecule has 1 saturated heterocycles. The molecule has 1 aliphatic carbocycles. The zero-order valence-electron chi connectivity index (χ0n) is 14.0. The van der Waals surface area contributed by atoms with E-state index in [4.69, 9.17) is 0 Å². The van der Waals surface area contributed by atoms with Crippen LogP contribution in [0, 0.1) is 0 Å². The van der Waals surface area contributed by atoms with Crippen LogP contribution in [0.3, 0.4) is 0 Å². The molecule has 2 aliphatic rings. The smallest absolute Gasteiger partial charge is 0.322 e. The number of aromatic nitrogens is 2. The van der Waals surface area contributed by atoms with Crippen LogP contribution >= 0.6 is 0 Å². The molecule has 25 heavy (non-hydrogen) atoms. The van der Waals surface area contributed by atoms with Crippen molar-refractivity contribution in [3.63, 3.8) is 0 Å². The highest BCUT2D eigenvalue weighted by molar-refractivity contribution is 5.93. The quantitative estimate of drug-likeness (QED) is 0.923. The Morgan fingerprint density at radius 2 is 2.00 bits per heavy atom. The maximum absolute atomic E-state index is 12.4. The van der Waals surface area contributed by atoms with Gasteiger partial charge in [0.2, 0.25) is 5.91 Å². The Labute approximate surface area is 146 Å². The highest BCUT2D eigenvalue weighted by atomic mass is 16.2. The lowest BCUT2D eigenvalue weighted by molar-refractivity contribution is -0.135. The number of rotatable bonds is 4. The van der Waals surface area contributed by atoms with Gasteiger partial charge in [-0.25, -0.2) is 4.79 Å². The second-order valence-electron chi connectivity index (χ2n) is 6.57. The molecule has 0 atom stereocenters. The predicted molar refractivity (Wildman–Crippen MR) is 93.1 cm³/mol. The number of benzene rings is 1. The number of anilines is 1. The summed E-state index contributed by atoms with van der Waals surface area (Å²) in [5, 5.41) is 7.05. The van der Waals surface area contributed by atoms with Crippen LogP contribution < -0.4 is 5.32 Å². The summed E-state index contributed by atoms with van der Waals surface area (Å²) in [4.78, 5) is 28.0. The summed E-state index contributed by atoms with van der Waals surface area (Å²) >= 11 is 0. The SMILES string of the molecule is O=C(Nc1ccc(Cn2cccn2)cc1)N1CCN(C2CC2)C(=O)C1. The summed E-state index contributed by atoms with van der Waals surface area (Å²) in [7, 11) is 0. The molecule has 0 bridgehead atoms. The van der Waals surface area contributed by atoms with Crippen molar-refractivity contribution in [3.8, 4) is 0 Å². The summed E-state index contributed by atoms with van der Waals surface area (Å²) < 4.78 is 1.85. The van der Waals surface area contributed by atoms with E-state index in [2.05, 4.69) is 10.4 Å². The first-order valence-corrected chi connectivity index (χ1v) is 8.61. The van der Waals surface area contributed by atoms with Gasteiger partial charge in [-0.05, 0) is 36.6 Å². The minimum absolute atomic E-state index is 0.0541. The lowest BCUT2D eigenvalue weighted by Crippen LogP contribution is -2.53. The standard InChI is InChI=1S/C18H21N5O2/c24-17-13-21(10-11-23(17)16-6-7-16)18(25)20-15-4-2-14(3-5-15)12-22-9-1-8-19-22/h1-5,8-9,16H,6-7,10-13H2,(H,20,25). The maximum Gasteiger partial charge on any atom is 0.322 e. The molecule has 1 N–H and O–H groups in total. The molecular formula is C18H21N5O2. The van der Waals surface area contributed by atoms with Crippen LogP contribution in [-0.4, -0.2) is 57.2 Å². The number of nitrogens with zero attached hydrogens (tertiary/aromatic N) is 4. The number of nitrogens with one attached hydrogen (secondary N) is 1. The molecule has 1 saturated carbocycles. The van der Waals surface area contributed by atoms with Crippen molar-refractivity contribution in [3.05, 3.63) is 48.3 Å². The molecule has 2 aromatic rings. The summed E-state index contributed by atoms with van der Waals surface area (Å²) in [5.41, 5.74) is 1.83. The van der Waals surface area contributed by atoms with Crippen LogP contribution in [-0.2, 0) is 11.3 Å². The summed E-state index contributed by atoms with van der Waals surface area (Å²) in [6, 6.07) is 9.77. The lowest BCUT2D eigenvalue weighted by Gasteiger charge is -2.34. The highest BCUT2D eigenvalue weighted by Gasteiger charge is 2.36. The Bertz CT molecular complexity index is 752. The number of hydrogen-bond acceptors (Lipinski definition) is 3. The highest BCUT2D eigenvalue weighted by Crippen LogP contribution is 2.28. The molecular weight excluding hydrogens is 318 g/mol. The van der Waals surface area contributed by atoms with Crippen molar-refractivity contribution >= 4 is 17.6 Å². The summed E-state index contributed by atoms with van der Waals surface area (Å²) in [6.07, 6.45) is 5.86. The van der Waals surface area contributed by atoms with Crippen molar-refractivity contribution < 1.29 is 9.59 Å². The number of amides is 3. The third-order valence-corrected chi connectivity index (χ3v) is 4.64. The topological polar surface area (TPSA) is 70.5 Å². The van der Waals surface area contributed by atoms with Gasteiger partial charge in [-0.1, -0.05) is 12.1 Å². The first-order valence-electron chi connectivity index (χ1n) is 8.61. The van der Waals surface area contributed by atoms with Gasteiger partial charge in [0, 0.05) is 37.2 Å². The van der Waals surface area contributed by atoms with Crippen LogP contribution in [0.1, 0.15) is 18.4 Å². The van der Waals surface area contributed by atoms with Crippen LogP contribution in [0.15, 0.2) is 42.7 Å². The van der Waals surface area contributed by atoms with E-state index in [-0.39, 0.29) is 18.5 Å². The zero-order chi connectivity index (χ0) is 17.2. The predicted octanol–water partition coefficient (Wildman–Crippen LogP) is 1.77. The van der Waals surface area contributed by atoms with Crippen LogP contribution in [0.25, 0.3) is 0 Å². The van der Waals surface area contributed by atoms with Crippen LogP contribution in [0.5, 0.6) is 0 Å². The zero-order valence-corrected chi connectivity index (χ0v) is 14.0. The fraction of sp³-hybridized carbons (Fsp3) is 0.389. The van der Waals surface area contributed by atoms with Gasteiger partial charge < -0.3 is 15.1 Å². The average Bonchev–Trinajstić information content (AvgIpc) is 3.33. The van der Waals surface area contributed by atoms with E-state index in [9.17, 15) is 9.59 Å². The molecule has 130 valence electrons. The Hall–Kier alpha value is -2.83. The second-order valence-corrected chi connectivity index (χ2v) is 6.57. The van der Waals surface area contributed by atoms with Crippen molar-refractivity contribution in [2.75, 3.05) is 25.0 Å². The molecule has 1 aliphatic heterocycles. The number of hydrogen-bond donors (Lipinski definition) is 1. The molecule has 2 heterocycles. The van der Waals surface area contributed by atoms with E-state index in [1.807, 2.05) is 46.1 Å². The Morgan fingerprint density at radius 3 is 2.64 bits per heavy atom. The van der Waals surface area contributed by atoms with E-state index in [1.54, 1.807) is 11.1 Å². The fourth-order valence-electron chi connectivity index (χ4n) is 3.11. The molecule has 4 rings (SSSR count). The van der Waals surface area contributed by atoms with Crippen molar-refractivity contribution in [2.45, 2.75) is 25.4 Å². The van der Waals surface area contributed by atoms with Gasteiger partial charge in [-0.2, -0.15) is 5.10 Å². The second kappa shape index (κ2) is 6.58. The van der Waals surface area contributed by atoms with E-state index in [1.165, 1.54) is 0 Å². The minimum Gasteiger partial charge on any atom is -0.336 e. The molecule has 0 radical (unpaired) electrons. The van der Waals surface area contributed by atoms with Gasteiger partial charge >= 0.3 is 6.03 Å². The van der Waals surface area contributed by atoms with E-state index in [0.29, 0.717) is 25.7 Å². The number of urea groups is 1. The molecule has 7 heteroatoms. The summed E-state index contributed by atoms with van der Waals surface area (Å²) in [6.45, 7) is 2.09. The molecule has 0 spiro atoms. The Kier molecular flexibility index (Phi) is 4.13. The number of piperazine rings is 1. The molecule has 3 amide bonds. The van der Waals surface area contributed by atoms with Crippen LogP contribution in [0.4, 0.5) is 10.5 Å². The van der Waals surface area contributed by atoms with Gasteiger partial charge in [-0.15, -0.1) is 0 Å². The van der Waals surface area contributed by atoms with Gasteiger partial charge in [0.1, 0.15) is 6.54 Å². The van der Waals surface area contributed by atoms with Crippen molar-refractivity contribution in [2.24, 2.45) is 0 Å². The third-order valence-electron chi connectivity index (χ3n) is 4.64. The average molecular weight is 339 g/mol. The van der Waals surface area contributed by atoms with Crippen molar-refractivity contribution in [1.29, 1.82) is 0 Å². The third kappa shape index (κ3) is 3.65. The van der Waals surface area contributed by atoms with Crippen LogP contribution in [0.2, 0.25) is 0 Å². The molecule has 1 aromatic carbocycles. The maximum atomic E-state index is 12.4.